The fraction of sp³-hybridized carbons (Fsp3) is 0.217. The molecule has 0 unspecified atom stereocenters. The molecule has 0 aliphatic carbocycles. The van der Waals surface area contributed by atoms with Gasteiger partial charge in [0.05, 0.1) is 18.4 Å². The first-order valence-electron chi connectivity index (χ1n) is 9.70. The second-order valence-electron chi connectivity index (χ2n) is 7.16. The molecule has 2 aromatic heterocycles. The maximum absolute atomic E-state index is 12.8. The van der Waals surface area contributed by atoms with Crippen LogP contribution < -0.4 is 5.56 Å². The van der Waals surface area contributed by atoms with Crippen molar-refractivity contribution in [3.8, 4) is 5.69 Å². The molecule has 0 N–H and O–H groups in total. The summed E-state index contributed by atoms with van der Waals surface area (Å²) in [7, 11) is 0. The van der Waals surface area contributed by atoms with Crippen molar-refractivity contribution in [2.75, 3.05) is 0 Å². The second-order valence-corrected chi connectivity index (χ2v) is 7.16. The van der Waals surface area contributed by atoms with Crippen LogP contribution in [0, 0.1) is 0 Å². The van der Waals surface area contributed by atoms with Gasteiger partial charge in [-0.15, -0.1) is 0 Å². The van der Waals surface area contributed by atoms with Crippen LogP contribution in [0.1, 0.15) is 42.1 Å². The Kier molecular flexibility index (Phi) is 5.08. The summed E-state index contributed by atoms with van der Waals surface area (Å²) in [6, 6.07) is 17.1. The summed E-state index contributed by atoms with van der Waals surface area (Å²) in [6.45, 7) is 4.24. The van der Waals surface area contributed by atoms with Crippen molar-refractivity contribution in [1.82, 2.24) is 19.3 Å². The Morgan fingerprint density at radius 3 is 2.48 bits per heavy atom. The van der Waals surface area contributed by atoms with Gasteiger partial charge in [-0.3, -0.25) is 14.2 Å². The normalized spacial score (nSPS) is 12.2. The van der Waals surface area contributed by atoms with Gasteiger partial charge in [-0.2, -0.15) is 5.10 Å². The lowest BCUT2D eigenvalue weighted by Crippen LogP contribution is -2.24. The third-order valence-corrected chi connectivity index (χ3v) is 5.28. The van der Waals surface area contributed by atoms with Gasteiger partial charge in [-0.05, 0) is 30.0 Å². The maximum Gasteiger partial charge on any atom is 0.264 e. The van der Waals surface area contributed by atoms with Gasteiger partial charge in [0.1, 0.15) is 11.7 Å². The standard InChI is InChI=1S/C23H22N4O2/c1-3-16(2)17-9-11-18(12-10-17)21(28)14-26-15-24-22-20(23(26)29)13-25-27(22)19-7-5-4-6-8-19/h4-13,15-16H,3,14H2,1-2H3/t16-/m1/s1. The Morgan fingerprint density at radius 2 is 1.79 bits per heavy atom. The van der Waals surface area contributed by atoms with Crippen LogP contribution in [0.2, 0.25) is 0 Å². The van der Waals surface area contributed by atoms with Gasteiger partial charge in [0.25, 0.3) is 5.56 Å². The number of rotatable bonds is 6. The monoisotopic (exact) mass is 386 g/mol. The molecule has 0 fully saturated rings. The van der Waals surface area contributed by atoms with Crippen LogP contribution in [0.4, 0.5) is 0 Å². The maximum atomic E-state index is 12.8. The van der Waals surface area contributed by atoms with Crippen LogP contribution in [-0.2, 0) is 6.54 Å². The molecule has 6 heteroatoms. The predicted octanol–water partition coefficient (Wildman–Crippen LogP) is 3.98. The summed E-state index contributed by atoms with van der Waals surface area (Å²) < 4.78 is 2.96. The van der Waals surface area contributed by atoms with Crippen molar-refractivity contribution in [3.05, 3.63) is 88.6 Å². The Labute approximate surface area is 168 Å². The summed E-state index contributed by atoms with van der Waals surface area (Å²) in [5.41, 5.74) is 2.82. The quantitative estimate of drug-likeness (QED) is 0.470. The molecule has 146 valence electrons. The first kappa shape index (κ1) is 18.8. The van der Waals surface area contributed by atoms with E-state index in [0.29, 0.717) is 22.5 Å². The van der Waals surface area contributed by atoms with Crippen LogP contribution in [0.25, 0.3) is 16.7 Å². The van der Waals surface area contributed by atoms with E-state index in [1.807, 2.05) is 54.6 Å². The number of fused-ring (bicyclic) bond motifs is 1. The minimum absolute atomic E-state index is 0.0546. The smallest absolute Gasteiger partial charge is 0.264 e. The molecule has 2 aromatic carbocycles. The van der Waals surface area contributed by atoms with Gasteiger partial charge < -0.3 is 0 Å². The SMILES string of the molecule is CC[C@@H](C)c1ccc(C(=O)Cn2cnc3c(cnn3-c3ccccc3)c2=O)cc1. The Morgan fingerprint density at radius 1 is 1.07 bits per heavy atom. The van der Waals surface area contributed by atoms with Crippen LogP contribution in [0.5, 0.6) is 0 Å². The summed E-state index contributed by atoms with van der Waals surface area (Å²) in [6.07, 6.45) is 3.96. The van der Waals surface area contributed by atoms with E-state index in [2.05, 4.69) is 23.9 Å². The fourth-order valence-corrected chi connectivity index (χ4v) is 3.30. The van der Waals surface area contributed by atoms with E-state index in [4.69, 9.17) is 0 Å². The van der Waals surface area contributed by atoms with Crippen molar-refractivity contribution >= 4 is 16.8 Å². The van der Waals surface area contributed by atoms with Crippen LogP contribution >= 0.6 is 0 Å². The number of carbonyl (C=O) groups excluding carboxylic acids is 1. The second kappa shape index (κ2) is 7.83. The lowest BCUT2D eigenvalue weighted by molar-refractivity contribution is 0.0970. The average Bonchev–Trinajstić information content (AvgIpc) is 3.20. The number of hydrogen-bond donors (Lipinski definition) is 0. The highest BCUT2D eigenvalue weighted by molar-refractivity contribution is 5.96. The van der Waals surface area contributed by atoms with Crippen molar-refractivity contribution in [2.45, 2.75) is 32.7 Å². The van der Waals surface area contributed by atoms with Gasteiger partial charge in [-0.1, -0.05) is 56.3 Å². The lowest BCUT2D eigenvalue weighted by Gasteiger charge is -2.10. The van der Waals surface area contributed by atoms with Gasteiger partial charge >= 0.3 is 0 Å². The molecule has 2 heterocycles. The van der Waals surface area contributed by atoms with E-state index < -0.39 is 0 Å². The van der Waals surface area contributed by atoms with Crippen LogP contribution in [0.15, 0.2) is 71.9 Å². The van der Waals surface area contributed by atoms with Gasteiger partial charge in [0.2, 0.25) is 0 Å². The average molecular weight is 386 g/mol. The van der Waals surface area contributed by atoms with Crippen molar-refractivity contribution in [3.63, 3.8) is 0 Å². The number of hydrogen-bond acceptors (Lipinski definition) is 4. The van der Waals surface area contributed by atoms with Gasteiger partial charge in [0.15, 0.2) is 11.4 Å². The highest BCUT2D eigenvalue weighted by Gasteiger charge is 2.14. The molecule has 0 radical (unpaired) electrons. The molecule has 0 aliphatic heterocycles. The predicted molar refractivity (Wildman–Crippen MR) is 113 cm³/mol. The molecule has 0 bridgehead atoms. The summed E-state index contributed by atoms with van der Waals surface area (Å²) in [5.74, 6) is 0.328. The van der Waals surface area contributed by atoms with E-state index in [1.54, 1.807) is 4.68 Å². The molecule has 6 nitrogen and oxygen atoms in total. The molecule has 0 spiro atoms. The van der Waals surface area contributed by atoms with Crippen molar-refractivity contribution in [1.29, 1.82) is 0 Å². The zero-order valence-corrected chi connectivity index (χ0v) is 16.4. The zero-order chi connectivity index (χ0) is 20.4. The third kappa shape index (κ3) is 3.61. The molecular weight excluding hydrogens is 364 g/mol. The number of Topliss-reactive ketones (excluding diaryl/α,β-unsaturated/α-hetero) is 1. The topological polar surface area (TPSA) is 69.8 Å². The first-order valence-corrected chi connectivity index (χ1v) is 9.70. The number of aromatic nitrogens is 4. The van der Waals surface area contributed by atoms with E-state index in [1.165, 1.54) is 22.7 Å². The minimum atomic E-state index is -0.276. The Balaban J connectivity index is 1.61. The summed E-state index contributed by atoms with van der Waals surface area (Å²) >= 11 is 0. The third-order valence-electron chi connectivity index (χ3n) is 5.28. The molecular formula is C23H22N4O2. The molecule has 0 amide bonds. The number of carbonyl (C=O) groups is 1. The number of para-hydroxylation sites is 1. The molecule has 0 saturated carbocycles. The minimum Gasteiger partial charge on any atom is -0.292 e. The Hall–Kier alpha value is -3.54. The highest BCUT2D eigenvalue weighted by Crippen LogP contribution is 2.19. The summed E-state index contributed by atoms with van der Waals surface area (Å²) in [4.78, 5) is 29.9. The van der Waals surface area contributed by atoms with E-state index in [0.717, 1.165) is 12.1 Å². The fourth-order valence-electron chi connectivity index (χ4n) is 3.30. The Bertz CT molecular complexity index is 1210. The first-order chi connectivity index (χ1) is 14.1. The number of ketones is 1. The molecule has 0 aliphatic rings. The van der Waals surface area contributed by atoms with Crippen LogP contribution in [0.3, 0.4) is 0 Å². The van der Waals surface area contributed by atoms with Crippen LogP contribution in [-0.4, -0.2) is 25.1 Å². The molecule has 29 heavy (non-hydrogen) atoms. The summed E-state index contributed by atoms with van der Waals surface area (Å²) in [5, 5.41) is 4.68. The van der Waals surface area contributed by atoms with E-state index >= 15 is 0 Å². The van der Waals surface area contributed by atoms with E-state index in [9.17, 15) is 9.59 Å². The lowest BCUT2D eigenvalue weighted by atomic mass is 9.97. The largest absolute Gasteiger partial charge is 0.292 e. The number of nitrogens with zero attached hydrogens (tertiary/aromatic N) is 4. The van der Waals surface area contributed by atoms with Crippen molar-refractivity contribution < 1.29 is 4.79 Å². The van der Waals surface area contributed by atoms with Crippen molar-refractivity contribution in [2.24, 2.45) is 0 Å². The number of benzene rings is 2. The molecule has 4 aromatic rings. The molecule has 4 rings (SSSR count). The molecule has 1 atom stereocenters. The van der Waals surface area contributed by atoms with E-state index in [-0.39, 0.29) is 17.9 Å². The highest BCUT2D eigenvalue weighted by atomic mass is 16.1. The molecule has 0 saturated heterocycles. The zero-order valence-electron chi connectivity index (χ0n) is 16.4. The van der Waals surface area contributed by atoms with Gasteiger partial charge in [-0.25, -0.2) is 9.67 Å². The van der Waals surface area contributed by atoms with Gasteiger partial charge in [0, 0.05) is 5.56 Å².